The highest BCUT2D eigenvalue weighted by Crippen LogP contribution is 2.17. The first-order chi connectivity index (χ1) is 10.7. The predicted octanol–water partition coefficient (Wildman–Crippen LogP) is 3.73. The fourth-order valence-corrected chi connectivity index (χ4v) is 2.40. The molecule has 0 spiro atoms. The van der Waals surface area contributed by atoms with Crippen LogP contribution in [0.25, 0.3) is 11.0 Å². The van der Waals surface area contributed by atoms with Gasteiger partial charge >= 0.3 is 0 Å². The highest BCUT2D eigenvalue weighted by molar-refractivity contribution is 14.1. The van der Waals surface area contributed by atoms with Crippen molar-refractivity contribution in [1.29, 1.82) is 0 Å². The minimum Gasteiger partial charge on any atom is -0.484 e. The summed E-state index contributed by atoms with van der Waals surface area (Å²) in [6, 6.07) is 15.3. The Morgan fingerprint density at radius 2 is 1.95 bits per heavy atom. The van der Waals surface area contributed by atoms with Crippen molar-refractivity contribution in [1.82, 2.24) is 5.32 Å². The smallest absolute Gasteiger partial charge is 0.258 e. The Labute approximate surface area is 141 Å². The highest BCUT2D eigenvalue weighted by atomic mass is 127. The van der Waals surface area contributed by atoms with E-state index in [-0.39, 0.29) is 12.5 Å². The van der Waals surface area contributed by atoms with Crippen LogP contribution < -0.4 is 10.1 Å². The standard InChI is InChI=1S/C17H14INO3/c18-14-3-5-15(6-4-14)22-11-17(20)19-10-12-1-2-13-7-8-21-16(13)9-12/h1-9H,10-11H2,(H,19,20). The molecule has 0 radical (unpaired) electrons. The molecule has 0 saturated heterocycles. The molecule has 1 amide bonds. The first-order valence-corrected chi connectivity index (χ1v) is 7.90. The molecule has 2 aromatic carbocycles. The Morgan fingerprint density at radius 3 is 2.77 bits per heavy atom. The third-order valence-electron chi connectivity index (χ3n) is 3.19. The number of rotatable bonds is 5. The molecule has 0 aliphatic heterocycles. The number of hydrogen-bond acceptors (Lipinski definition) is 3. The lowest BCUT2D eigenvalue weighted by atomic mass is 10.2. The normalized spacial score (nSPS) is 10.6. The SMILES string of the molecule is O=C(COc1ccc(I)cc1)NCc1ccc2ccoc2c1. The summed E-state index contributed by atoms with van der Waals surface area (Å²) in [4.78, 5) is 11.8. The molecule has 5 heteroatoms. The van der Waals surface area contributed by atoms with E-state index in [1.165, 1.54) is 0 Å². The predicted molar refractivity (Wildman–Crippen MR) is 92.7 cm³/mol. The van der Waals surface area contributed by atoms with Crippen molar-refractivity contribution in [3.63, 3.8) is 0 Å². The van der Waals surface area contributed by atoms with Gasteiger partial charge in [-0.05, 0) is 64.6 Å². The van der Waals surface area contributed by atoms with Gasteiger partial charge in [0.15, 0.2) is 6.61 Å². The molecule has 0 atom stereocenters. The van der Waals surface area contributed by atoms with E-state index in [0.717, 1.165) is 20.1 Å². The maximum absolute atomic E-state index is 11.8. The van der Waals surface area contributed by atoms with Crippen LogP contribution in [0.1, 0.15) is 5.56 Å². The first-order valence-electron chi connectivity index (χ1n) is 6.82. The van der Waals surface area contributed by atoms with Crippen molar-refractivity contribution in [2.24, 2.45) is 0 Å². The molecule has 0 fully saturated rings. The Bertz CT molecular complexity index is 780. The van der Waals surface area contributed by atoms with Crippen LogP contribution in [0.15, 0.2) is 59.2 Å². The van der Waals surface area contributed by atoms with Crippen LogP contribution in [-0.4, -0.2) is 12.5 Å². The molecule has 0 saturated carbocycles. The topological polar surface area (TPSA) is 51.5 Å². The van der Waals surface area contributed by atoms with E-state index in [9.17, 15) is 4.79 Å². The molecular formula is C17H14INO3. The van der Waals surface area contributed by atoms with Crippen molar-refractivity contribution >= 4 is 39.5 Å². The number of furan rings is 1. The van der Waals surface area contributed by atoms with Crippen LogP contribution in [-0.2, 0) is 11.3 Å². The van der Waals surface area contributed by atoms with Gasteiger partial charge in [-0.25, -0.2) is 0 Å². The number of fused-ring (bicyclic) bond motifs is 1. The van der Waals surface area contributed by atoms with Crippen molar-refractivity contribution in [2.75, 3.05) is 6.61 Å². The van der Waals surface area contributed by atoms with Crippen molar-refractivity contribution in [2.45, 2.75) is 6.54 Å². The number of ether oxygens (including phenoxy) is 1. The second-order valence-electron chi connectivity index (χ2n) is 4.81. The summed E-state index contributed by atoms with van der Waals surface area (Å²) >= 11 is 2.22. The number of hydrogen-bond donors (Lipinski definition) is 1. The average Bonchev–Trinajstić information content (AvgIpc) is 3.00. The first kappa shape index (κ1) is 14.9. The monoisotopic (exact) mass is 407 g/mol. The maximum Gasteiger partial charge on any atom is 0.258 e. The zero-order chi connectivity index (χ0) is 15.4. The summed E-state index contributed by atoms with van der Waals surface area (Å²) in [6.45, 7) is 0.453. The Morgan fingerprint density at radius 1 is 1.14 bits per heavy atom. The Kier molecular flexibility index (Phi) is 4.62. The fourth-order valence-electron chi connectivity index (χ4n) is 2.04. The summed E-state index contributed by atoms with van der Waals surface area (Å²) in [5.74, 6) is 0.533. The molecular weight excluding hydrogens is 393 g/mol. The van der Waals surface area contributed by atoms with Crippen molar-refractivity contribution in [3.8, 4) is 5.75 Å². The highest BCUT2D eigenvalue weighted by Gasteiger charge is 2.04. The summed E-state index contributed by atoms with van der Waals surface area (Å²) in [6.07, 6.45) is 1.65. The number of carbonyl (C=O) groups is 1. The van der Waals surface area contributed by atoms with Gasteiger partial charge in [0.25, 0.3) is 5.91 Å². The minimum absolute atomic E-state index is 0.00356. The summed E-state index contributed by atoms with van der Waals surface area (Å²) in [5, 5.41) is 3.88. The van der Waals surface area contributed by atoms with Crippen LogP contribution in [0.2, 0.25) is 0 Å². The van der Waals surface area contributed by atoms with E-state index < -0.39 is 0 Å². The second-order valence-corrected chi connectivity index (χ2v) is 6.06. The van der Waals surface area contributed by atoms with Crippen LogP contribution in [0.3, 0.4) is 0 Å². The van der Waals surface area contributed by atoms with Gasteiger partial charge in [-0.15, -0.1) is 0 Å². The molecule has 0 aliphatic rings. The zero-order valence-electron chi connectivity index (χ0n) is 11.7. The molecule has 1 heterocycles. The second kappa shape index (κ2) is 6.83. The fraction of sp³-hybridized carbons (Fsp3) is 0.118. The molecule has 0 aliphatic carbocycles. The summed E-state index contributed by atoms with van der Waals surface area (Å²) in [5.41, 5.74) is 1.81. The molecule has 4 nitrogen and oxygen atoms in total. The summed E-state index contributed by atoms with van der Waals surface area (Å²) < 4.78 is 11.9. The van der Waals surface area contributed by atoms with Crippen LogP contribution in [0.5, 0.6) is 5.75 Å². The lowest BCUT2D eigenvalue weighted by Crippen LogP contribution is -2.28. The van der Waals surface area contributed by atoms with Gasteiger partial charge in [-0.1, -0.05) is 12.1 Å². The number of amides is 1. The van der Waals surface area contributed by atoms with E-state index in [0.29, 0.717) is 12.3 Å². The average molecular weight is 407 g/mol. The van der Waals surface area contributed by atoms with E-state index in [1.807, 2.05) is 48.5 Å². The minimum atomic E-state index is -0.155. The molecule has 112 valence electrons. The van der Waals surface area contributed by atoms with Gasteiger partial charge in [-0.3, -0.25) is 4.79 Å². The lowest BCUT2D eigenvalue weighted by Gasteiger charge is -2.07. The third-order valence-corrected chi connectivity index (χ3v) is 3.91. The molecule has 3 rings (SSSR count). The van der Waals surface area contributed by atoms with Gasteiger partial charge in [0.1, 0.15) is 11.3 Å². The third kappa shape index (κ3) is 3.79. The molecule has 0 bridgehead atoms. The van der Waals surface area contributed by atoms with Crippen LogP contribution in [0, 0.1) is 3.57 Å². The maximum atomic E-state index is 11.8. The van der Waals surface area contributed by atoms with Crippen LogP contribution >= 0.6 is 22.6 Å². The molecule has 22 heavy (non-hydrogen) atoms. The lowest BCUT2D eigenvalue weighted by molar-refractivity contribution is -0.123. The summed E-state index contributed by atoms with van der Waals surface area (Å²) in [7, 11) is 0. The van der Waals surface area contributed by atoms with E-state index in [4.69, 9.17) is 9.15 Å². The number of halogens is 1. The molecule has 1 aromatic heterocycles. The van der Waals surface area contributed by atoms with Gasteiger partial charge < -0.3 is 14.5 Å². The number of carbonyl (C=O) groups excluding carboxylic acids is 1. The quantitative estimate of drug-likeness (QED) is 0.656. The largest absolute Gasteiger partial charge is 0.484 e. The van der Waals surface area contributed by atoms with E-state index >= 15 is 0 Å². The number of benzene rings is 2. The molecule has 1 N–H and O–H groups in total. The number of nitrogens with one attached hydrogen (secondary N) is 1. The van der Waals surface area contributed by atoms with Crippen LogP contribution in [0.4, 0.5) is 0 Å². The van der Waals surface area contributed by atoms with Crippen molar-refractivity contribution < 1.29 is 13.9 Å². The zero-order valence-corrected chi connectivity index (χ0v) is 13.9. The van der Waals surface area contributed by atoms with E-state index in [2.05, 4.69) is 27.9 Å². The van der Waals surface area contributed by atoms with Gasteiger partial charge in [0, 0.05) is 15.5 Å². The Balaban J connectivity index is 1.50. The van der Waals surface area contributed by atoms with E-state index in [1.54, 1.807) is 6.26 Å². The van der Waals surface area contributed by atoms with Gasteiger partial charge in [0.2, 0.25) is 0 Å². The van der Waals surface area contributed by atoms with Gasteiger partial charge in [-0.2, -0.15) is 0 Å². The van der Waals surface area contributed by atoms with Crippen molar-refractivity contribution in [3.05, 3.63) is 63.9 Å². The van der Waals surface area contributed by atoms with Gasteiger partial charge in [0.05, 0.1) is 6.26 Å². The Hall–Kier alpha value is -2.02. The molecule has 3 aromatic rings. The molecule has 0 unspecified atom stereocenters.